The van der Waals surface area contributed by atoms with Crippen molar-refractivity contribution in [3.8, 4) is 0 Å². The summed E-state index contributed by atoms with van der Waals surface area (Å²) in [6, 6.07) is 0.679. The third-order valence-corrected chi connectivity index (χ3v) is 2.47. The minimum atomic E-state index is 0.131. The topological polar surface area (TPSA) is 41.1 Å². The SMILES string of the molecule is CC.CNCCC1CCC(C(C)=O)N1. The Balaban J connectivity index is 0.000000791. The van der Waals surface area contributed by atoms with Crippen molar-refractivity contribution in [2.24, 2.45) is 0 Å². The maximum atomic E-state index is 11.0. The molecular formula is C11H24N2O. The third-order valence-electron chi connectivity index (χ3n) is 2.47. The first kappa shape index (κ1) is 13.6. The number of carbonyl (C=O) groups is 1. The number of carbonyl (C=O) groups excluding carboxylic acids is 1. The van der Waals surface area contributed by atoms with Crippen LogP contribution >= 0.6 is 0 Å². The van der Waals surface area contributed by atoms with E-state index in [4.69, 9.17) is 0 Å². The normalized spacial score (nSPS) is 25.4. The van der Waals surface area contributed by atoms with Gasteiger partial charge in [-0.25, -0.2) is 0 Å². The first-order valence-electron chi connectivity index (χ1n) is 5.65. The Kier molecular flexibility index (Phi) is 7.71. The van der Waals surface area contributed by atoms with Crippen molar-refractivity contribution in [1.82, 2.24) is 10.6 Å². The van der Waals surface area contributed by atoms with E-state index in [0.29, 0.717) is 6.04 Å². The van der Waals surface area contributed by atoms with Gasteiger partial charge in [-0.2, -0.15) is 0 Å². The molecule has 0 aromatic carbocycles. The monoisotopic (exact) mass is 200 g/mol. The standard InChI is InChI=1S/C9H18N2O.C2H6/c1-7(12)9-4-3-8(11-9)5-6-10-2;1-2/h8-11H,3-6H2,1-2H3;1-2H3. The number of hydrogen-bond donors (Lipinski definition) is 2. The van der Waals surface area contributed by atoms with Crippen LogP contribution in [0, 0.1) is 0 Å². The van der Waals surface area contributed by atoms with E-state index >= 15 is 0 Å². The van der Waals surface area contributed by atoms with Crippen LogP contribution in [0.3, 0.4) is 0 Å². The second kappa shape index (κ2) is 7.94. The van der Waals surface area contributed by atoms with Gasteiger partial charge in [0, 0.05) is 6.04 Å². The van der Waals surface area contributed by atoms with Gasteiger partial charge in [0.15, 0.2) is 0 Å². The number of rotatable bonds is 4. The van der Waals surface area contributed by atoms with Crippen LogP contribution in [0.15, 0.2) is 0 Å². The second-order valence-electron chi connectivity index (χ2n) is 3.50. The molecule has 3 heteroatoms. The Morgan fingerprint density at radius 1 is 1.43 bits per heavy atom. The molecule has 1 fully saturated rings. The molecule has 1 aliphatic heterocycles. The summed E-state index contributed by atoms with van der Waals surface area (Å²) in [4.78, 5) is 11.0. The van der Waals surface area contributed by atoms with Gasteiger partial charge in [0.25, 0.3) is 0 Å². The number of hydrogen-bond acceptors (Lipinski definition) is 3. The van der Waals surface area contributed by atoms with Crippen LogP contribution in [0.25, 0.3) is 0 Å². The van der Waals surface area contributed by atoms with Gasteiger partial charge in [-0.3, -0.25) is 4.79 Å². The van der Waals surface area contributed by atoms with Crippen LogP contribution in [-0.2, 0) is 4.79 Å². The van der Waals surface area contributed by atoms with Crippen molar-refractivity contribution in [1.29, 1.82) is 0 Å². The smallest absolute Gasteiger partial charge is 0.146 e. The van der Waals surface area contributed by atoms with E-state index in [9.17, 15) is 4.79 Å². The summed E-state index contributed by atoms with van der Waals surface area (Å²) < 4.78 is 0. The molecular weight excluding hydrogens is 176 g/mol. The lowest BCUT2D eigenvalue weighted by atomic mass is 10.1. The Morgan fingerprint density at radius 2 is 2.07 bits per heavy atom. The molecule has 2 N–H and O–H groups in total. The van der Waals surface area contributed by atoms with Crippen LogP contribution in [-0.4, -0.2) is 31.5 Å². The maximum Gasteiger partial charge on any atom is 0.146 e. The molecule has 0 amide bonds. The zero-order chi connectivity index (χ0) is 11.0. The van der Waals surface area contributed by atoms with Crippen LogP contribution < -0.4 is 10.6 Å². The Bertz CT molecular complexity index is 159. The summed E-state index contributed by atoms with van der Waals surface area (Å²) in [5.41, 5.74) is 0. The Morgan fingerprint density at radius 3 is 2.50 bits per heavy atom. The average molecular weight is 200 g/mol. The van der Waals surface area contributed by atoms with Crippen LogP contribution in [0.4, 0.5) is 0 Å². The van der Waals surface area contributed by atoms with Crippen LogP contribution in [0.2, 0.25) is 0 Å². The fraction of sp³-hybridized carbons (Fsp3) is 0.909. The molecule has 3 nitrogen and oxygen atoms in total. The molecule has 0 bridgehead atoms. The molecule has 0 radical (unpaired) electrons. The summed E-state index contributed by atoms with van der Waals surface area (Å²) in [6.07, 6.45) is 3.29. The van der Waals surface area contributed by atoms with E-state index in [2.05, 4.69) is 10.6 Å². The largest absolute Gasteiger partial charge is 0.320 e. The highest BCUT2D eigenvalue weighted by molar-refractivity contribution is 5.81. The highest BCUT2D eigenvalue weighted by Crippen LogP contribution is 2.14. The molecule has 0 aromatic heterocycles. The molecule has 2 unspecified atom stereocenters. The van der Waals surface area contributed by atoms with E-state index in [0.717, 1.165) is 25.8 Å². The second-order valence-corrected chi connectivity index (χ2v) is 3.50. The minimum Gasteiger partial charge on any atom is -0.320 e. The molecule has 2 atom stereocenters. The predicted octanol–water partition coefficient (Wildman–Crippen LogP) is 1.33. The molecule has 0 saturated carbocycles. The lowest BCUT2D eigenvalue weighted by molar-refractivity contribution is -0.118. The van der Waals surface area contributed by atoms with Crippen LogP contribution in [0.1, 0.15) is 40.0 Å². The van der Waals surface area contributed by atoms with E-state index < -0.39 is 0 Å². The number of Topliss-reactive ketones (excluding diaryl/α,β-unsaturated/α-hetero) is 1. The zero-order valence-electron chi connectivity index (χ0n) is 9.89. The van der Waals surface area contributed by atoms with Gasteiger partial charge in [0.1, 0.15) is 5.78 Å². The first-order valence-corrected chi connectivity index (χ1v) is 5.65. The molecule has 14 heavy (non-hydrogen) atoms. The Labute approximate surface area is 87.6 Å². The van der Waals surface area contributed by atoms with Crippen molar-refractivity contribution in [2.45, 2.75) is 52.1 Å². The third kappa shape index (κ3) is 4.72. The molecule has 1 saturated heterocycles. The average Bonchev–Trinajstić information content (AvgIpc) is 2.66. The highest BCUT2D eigenvalue weighted by atomic mass is 16.1. The van der Waals surface area contributed by atoms with Gasteiger partial charge in [0.2, 0.25) is 0 Å². The molecule has 1 rings (SSSR count). The molecule has 0 aromatic rings. The summed E-state index contributed by atoms with van der Waals surface area (Å²) in [7, 11) is 1.96. The van der Waals surface area contributed by atoms with E-state index in [1.165, 1.54) is 0 Å². The summed E-state index contributed by atoms with van der Waals surface area (Å²) >= 11 is 0. The number of ketones is 1. The van der Waals surface area contributed by atoms with E-state index in [-0.39, 0.29) is 11.8 Å². The zero-order valence-corrected chi connectivity index (χ0v) is 9.89. The highest BCUT2D eigenvalue weighted by Gasteiger charge is 2.25. The summed E-state index contributed by atoms with van der Waals surface area (Å²) in [5, 5.41) is 6.45. The fourth-order valence-corrected chi connectivity index (χ4v) is 1.69. The fourth-order valence-electron chi connectivity index (χ4n) is 1.69. The van der Waals surface area contributed by atoms with Gasteiger partial charge in [-0.15, -0.1) is 0 Å². The Hall–Kier alpha value is -0.410. The van der Waals surface area contributed by atoms with Crippen molar-refractivity contribution in [3.05, 3.63) is 0 Å². The van der Waals surface area contributed by atoms with Crippen molar-refractivity contribution >= 4 is 5.78 Å². The lowest BCUT2D eigenvalue weighted by Gasteiger charge is -2.11. The van der Waals surface area contributed by atoms with Crippen molar-refractivity contribution in [2.75, 3.05) is 13.6 Å². The number of nitrogens with one attached hydrogen (secondary N) is 2. The quantitative estimate of drug-likeness (QED) is 0.719. The van der Waals surface area contributed by atoms with Gasteiger partial charge in [-0.1, -0.05) is 13.8 Å². The summed E-state index contributed by atoms with van der Waals surface area (Å²) in [5.74, 6) is 0.280. The van der Waals surface area contributed by atoms with Crippen molar-refractivity contribution < 1.29 is 4.79 Å². The first-order chi connectivity index (χ1) is 6.74. The van der Waals surface area contributed by atoms with Crippen molar-refractivity contribution in [3.63, 3.8) is 0 Å². The van der Waals surface area contributed by atoms with Gasteiger partial charge in [-0.05, 0) is 39.8 Å². The van der Waals surface area contributed by atoms with E-state index in [1.54, 1.807) is 6.92 Å². The lowest BCUT2D eigenvalue weighted by Crippen LogP contribution is -2.35. The maximum absolute atomic E-state index is 11.0. The molecule has 0 spiro atoms. The molecule has 84 valence electrons. The van der Waals surface area contributed by atoms with E-state index in [1.807, 2.05) is 20.9 Å². The molecule has 1 aliphatic rings. The van der Waals surface area contributed by atoms with Gasteiger partial charge < -0.3 is 10.6 Å². The van der Waals surface area contributed by atoms with Crippen LogP contribution in [0.5, 0.6) is 0 Å². The van der Waals surface area contributed by atoms with Gasteiger partial charge in [0.05, 0.1) is 6.04 Å². The molecule has 0 aliphatic carbocycles. The molecule has 1 heterocycles. The van der Waals surface area contributed by atoms with Gasteiger partial charge >= 0.3 is 0 Å². The minimum absolute atomic E-state index is 0.131. The summed E-state index contributed by atoms with van der Waals surface area (Å²) in [6.45, 7) is 6.69. The predicted molar refractivity (Wildman–Crippen MR) is 60.5 cm³/mol.